The lowest BCUT2D eigenvalue weighted by atomic mass is 10.1. The Morgan fingerprint density at radius 1 is 1.38 bits per heavy atom. The number of carbonyl (C=O) groups excluding carboxylic acids is 1. The van der Waals surface area contributed by atoms with E-state index in [9.17, 15) is 4.79 Å². The standard InChI is InChI=1S/C16H19N3O2/c1-3-21-16(20)13-6-7-14(17)15(9-13)19(2)11-12-5-4-8-18-10-12/h4-10H,3,11,17H2,1-2H3. The van der Waals surface area contributed by atoms with Crippen LogP contribution >= 0.6 is 0 Å². The van der Waals surface area contributed by atoms with Crippen LogP contribution in [0.4, 0.5) is 11.4 Å². The highest BCUT2D eigenvalue weighted by atomic mass is 16.5. The highest BCUT2D eigenvalue weighted by Crippen LogP contribution is 2.25. The fourth-order valence-corrected chi connectivity index (χ4v) is 2.07. The summed E-state index contributed by atoms with van der Waals surface area (Å²) in [5.74, 6) is -0.339. The number of rotatable bonds is 5. The van der Waals surface area contributed by atoms with Gasteiger partial charge in [0.1, 0.15) is 0 Å². The minimum absolute atomic E-state index is 0.339. The molecule has 0 atom stereocenters. The van der Waals surface area contributed by atoms with E-state index < -0.39 is 0 Å². The van der Waals surface area contributed by atoms with E-state index in [-0.39, 0.29) is 5.97 Å². The maximum atomic E-state index is 11.8. The lowest BCUT2D eigenvalue weighted by Crippen LogP contribution is -2.18. The van der Waals surface area contributed by atoms with Crippen molar-refractivity contribution in [1.29, 1.82) is 0 Å². The number of ether oxygens (including phenoxy) is 1. The Balaban J connectivity index is 2.21. The van der Waals surface area contributed by atoms with E-state index in [2.05, 4.69) is 4.98 Å². The van der Waals surface area contributed by atoms with Crippen molar-refractivity contribution in [2.45, 2.75) is 13.5 Å². The van der Waals surface area contributed by atoms with Crippen molar-refractivity contribution in [3.63, 3.8) is 0 Å². The summed E-state index contributed by atoms with van der Waals surface area (Å²) in [6, 6.07) is 9.04. The van der Waals surface area contributed by atoms with Crippen molar-refractivity contribution in [1.82, 2.24) is 4.98 Å². The summed E-state index contributed by atoms with van der Waals surface area (Å²) in [5.41, 5.74) is 8.99. The molecule has 2 N–H and O–H groups in total. The summed E-state index contributed by atoms with van der Waals surface area (Å²) in [4.78, 5) is 17.9. The minimum Gasteiger partial charge on any atom is -0.462 e. The molecule has 5 nitrogen and oxygen atoms in total. The van der Waals surface area contributed by atoms with E-state index in [0.29, 0.717) is 24.4 Å². The van der Waals surface area contributed by atoms with Crippen LogP contribution in [0.2, 0.25) is 0 Å². The monoisotopic (exact) mass is 285 g/mol. The van der Waals surface area contributed by atoms with Gasteiger partial charge in [-0.1, -0.05) is 6.07 Å². The van der Waals surface area contributed by atoms with E-state index in [4.69, 9.17) is 10.5 Å². The minimum atomic E-state index is -0.339. The number of hydrogen-bond acceptors (Lipinski definition) is 5. The Morgan fingerprint density at radius 3 is 2.86 bits per heavy atom. The molecule has 0 amide bonds. The maximum absolute atomic E-state index is 11.8. The number of carbonyl (C=O) groups is 1. The zero-order valence-electron chi connectivity index (χ0n) is 12.2. The van der Waals surface area contributed by atoms with Gasteiger partial charge in [0.15, 0.2) is 0 Å². The van der Waals surface area contributed by atoms with E-state index in [1.165, 1.54) is 0 Å². The highest BCUT2D eigenvalue weighted by molar-refractivity contribution is 5.92. The fraction of sp³-hybridized carbons (Fsp3) is 0.250. The van der Waals surface area contributed by atoms with Crippen LogP contribution in [0.25, 0.3) is 0 Å². The first-order chi connectivity index (χ1) is 10.1. The van der Waals surface area contributed by atoms with Crippen molar-refractivity contribution in [3.05, 3.63) is 53.9 Å². The molecule has 0 aliphatic carbocycles. The molecule has 0 radical (unpaired) electrons. The molecule has 0 fully saturated rings. The van der Waals surface area contributed by atoms with Gasteiger partial charge >= 0.3 is 5.97 Å². The Hall–Kier alpha value is -2.56. The summed E-state index contributed by atoms with van der Waals surface area (Å²) in [5, 5.41) is 0. The summed E-state index contributed by atoms with van der Waals surface area (Å²) in [7, 11) is 1.92. The number of hydrogen-bond donors (Lipinski definition) is 1. The van der Waals surface area contributed by atoms with Gasteiger partial charge in [-0.05, 0) is 36.8 Å². The predicted octanol–water partition coefficient (Wildman–Crippen LogP) is 2.48. The van der Waals surface area contributed by atoms with Crippen molar-refractivity contribution in [2.24, 2.45) is 0 Å². The fourth-order valence-electron chi connectivity index (χ4n) is 2.07. The third-order valence-electron chi connectivity index (χ3n) is 3.10. The van der Waals surface area contributed by atoms with Crippen LogP contribution in [0.3, 0.4) is 0 Å². The van der Waals surface area contributed by atoms with Crippen LogP contribution in [-0.4, -0.2) is 24.6 Å². The largest absolute Gasteiger partial charge is 0.462 e. The van der Waals surface area contributed by atoms with Gasteiger partial charge in [-0.15, -0.1) is 0 Å². The molecule has 0 aliphatic rings. The second-order valence-corrected chi connectivity index (χ2v) is 4.71. The van der Waals surface area contributed by atoms with Crippen LogP contribution in [0.1, 0.15) is 22.8 Å². The topological polar surface area (TPSA) is 68.5 Å². The zero-order chi connectivity index (χ0) is 15.2. The molecule has 0 spiro atoms. The van der Waals surface area contributed by atoms with Gasteiger partial charge in [0.05, 0.1) is 23.5 Å². The van der Waals surface area contributed by atoms with Gasteiger partial charge in [0.2, 0.25) is 0 Å². The van der Waals surface area contributed by atoms with Crippen molar-refractivity contribution in [2.75, 3.05) is 24.3 Å². The lowest BCUT2D eigenvalue weighted by molar-refractivity contribution is 0.0526. The quantitative estimate of drug-likeness (QED) is 0.675. The average molecular weight is 285 g/mol. The highest BCUT2D eigenvalue weighted by Gasteiger charge is 2.12. The molecule has 5 heteroatoms. The van der Waals surface area contributed by atoms with Crippen molar-refractivity contribution >= 4 is 17.3 Å². The Morgan fingerprint density at radius 2 is 2.19 bits per heavy atom. The molecular weight excluding hydrogens is 266 g/mol. The zero-order valence-corrected chi connectivity index (χ0v) is 12.2. The normalized spacial score (nSPS) is 10.2. The molecule has 1 heterocycles. The van der Waals surface area contributed by atoms with Crippen LogP contribution in [0, 0.1) is 0 Å². The molecule has 2 aromatic rings. The predicted molar refractivity (Wildman–Crippen MR) is 83.2 cm³/mol. The van der Waals surface area contributed by atoms with E-state index in [1.807, 2.05) is 30.3 Å². The molecule has 110 valence electrons. The van der Waals surface area contributed by atoms with Crippen LogP contribution in [0.5, 0.6) is 0 Å². The van der Waals surface area contributed by atoms with Crippen LogP contribution in [0.15, 0.2) is 42.7 Å². The molecule has 21 heavy (non-hydrogen) atoms. The summed E-state index contributed by atoms with van der Waals surface area (Å²) < 4.78 is 5.01. The molecule has 1 aromatic heterocycles. The molecule has 0 aliphatic heterocycles. The Kier molecular flexibility index (Phi) is 4.77. The lowest BCUT2D eigenvalue weighted by Gasteiger charge is -2.21. The number of aromatic nitrogens is 1. The smallest absolute Gasteiger partial charge is 0.338 e. The molecule has 0 saturated carbocycles. The second-order valence-electron chi connectivity index (χ2n) is 4.71. The maximum Gasteiger partial charge on any atom is 0.338 e. The number of anilines is 2. The van der Waals surface area contributed by atoms with Crippen LogP contribution in [-0.2, 0) is 11.3 Å². The molecule has 0 bridgehead atoms. The SMILES string of the molecule is CCOC(=O)c1ccc(N)c(N(C)Cc2cccnc2)c1. The van der Waals surface area contributed by atoms with Crippen LogP contribution < -0.4 is 10.6 Å². The number of pyridine rings is 1. The third-order valence-corrected chi connectivity index (χ3v) is 3.10. The molecule has 0 saturated heterocycles. The summed E-state index contributed by atoms with van der Waals surface area (Å²) >= 11 is 0. The van der Waals surface area contributed by atoms with E-state index in [1.54, 1.807) is 31.3 Å². The van der Waals surface area contributed by atoms with Crippen molar-refractivity contribution in [3.8, 4) is 0 Å². The number of esters is 1. The number of nitrogens with zero attached hydrogens (tertiary/aromatic N) is 2. The third kappa shape index (κ3) is 3.72. The number of nitrogens with two attached hydrogens (primary N) is 1. The van der Waals surface area contributed by atoms with Gasteiger partial charge in [-0.3, -0.25) is 4.98 Å². The molecule has 0 unspecified atom stereocenters. The first-order valence-corrected chi connectivity index (χ1v) is 6.78. The van der Waals surface area contributed by atoms with Gasteiger partial charge in [0, 0.05) is 26.0 Å². The Bertz CT molecular complexity index is 614. The second kappa shape index (κ2) is 6.74. The van der Waals surface area contributed by atoms with Gasteiger partial charge < -0.3 is 15.4 Å². The molecule has 1 aromatic carbocycles. The first-order valence-electron chi connectivity index (χ1n) is 6.78. The number of benzene rings is 1. The molecular formula is C16H19N3O2. The summed E-state index contributed by atoms with van der Waals surface area (Å²) in [6.07, 6.45) is 3.54. The molecule has 2 rings (SSSR count). The van der Waals surface area contributed by atoms with E-state index >= 15 is 0 Å². The van der Waals surface area contributed by atoms with Gasteiger partial charge in [-0.2, -0.15) is 0 Å². The van der Waals surface area contributed by atoms with Gasteiger partial charge in [0.25, 0.3) is 0 Å². The summed E-state index contributed by atoms with van der Waals surface area (Å²) in [6.45, 7) is 2.79. The van der Waals surface area contributed by atoms with Gasteiger partial charge in [-0.25, -0.2) is 4.79 Å². The van der Waals surface area contributed by atoms with E-state index in [0.717, 1.165) is 11.3 Å². The first kappa shape index (κ1) is 14.8. The van der Waals surface area contributed by atoms with Crippen molar-refractivity contribution < 1.29 is 9.53 Å². The number of nitrogen functional groups attached to an aromatic ring is 1. The average Bonchev–Trinajstić information content (AvgIpc) is 2.48. The Labute approximate surface area is 124 Å².